The zero-order valence-corrected chi connectivity index (χ0v) is 13.0. The molecule has 0 bridgehead atoms. The van der Waals surface area contributed by atoms with E-state index in [2.05, 4.69) is 17.2 Å². The van der Waals surface area contributed by atoms with Gasteiger partial charge in [-0.25, -0.2) is 4.39 Å². The first-order valence-electron chi connectivity index (χ1n) is 8.00. The Morgan fingerprint density at radius 3 is 3.09 bits per heavy atom. The fourth-order valence-electron chi connectivity index (χ4n) is 3.43. The largest absolute Gasteiger partial charge is 0.393 e. The maximum Gasteiger partial charge on any atom is 0.124 e. The summed E-state index contributed by atoms with van der Waals surface area (Å²) in [5.41, 5.74) is 1.62. The van der Waals surface area contributed by atoms with E-state index in [9.17, 15) is 9.50 Å². The molecule has 0 saturated heterocycles. The van der Waals surface area contributed by atoms with Gasteiger partial charge >= 0.3 is 0 Å². The van der Waals surface area contributed by atoms with Crippen LogP contribution in [0.2, 0.25) is 0 Å². The number of pyridine rings is 1. The lowest BCUT2D eigenvalue weighted by Gasteiger charge is -2.38. The summed E-state index contributed by atoms with van der Waals surface area (Å²) in [6, 6.07) is 6.75. The lowest BCUT2D eigenvalue weighted by atomic mass is 9.73. The minimum atomic E-state index is -0.254. The normalized spacial score (nSPS) is 25.5. The van der Waals surface area contributed by atoms with Gasteiger partial charge in [0.05, 0.1) is 11.6 Å². The topological polar surface area (TPSA) is 45.2 Å². The van der Waals surface area contributed by atoms with Crippen LogP contribution in [0.3, 0.4) is 0 Å². The van der Waals surface area contributed by atoms with Crippen LogP contribution in [0.25, 0.3) is 10.9 Å². The van der Waals surface area contributed by atoms with Crippen LogP contribution < -0.4 is 5.32 Å². The fourth-order valence-corrected chi connectivity index (χ4v) is 3.43. The Morgan fingerprint density at radius 1 is 1.41 bits per heavy atom. The molecule has 2 unspecified atom stereocenters. The van der Waals surface area contributed by atoms with Crippen LogP contribution in [0.15, 0.2) is 30.5 Å². The molecule has 1 fully saturated rings. The van der Waals surface area contributed by atoms with Gasteiger partial charge in [0.15, 0.2) is 0 Å². The predicted octanol–water partition coefficient (Wildman–Crippen LogP) is 3.40. The third kappa shape index (κ3) is 3.13. The maximum absolute atomic E-state index is 13.7. The number of hydrogen-bond acceptors (Lipinski definition) is 3. The van der Waals surface area contributed by atoms with Crippen LogP contribution in [-0.4, -0.2) is 22.7 Å². The Kier molecular flexibility index (Phi) is 4.41. The van der Waals surface area contributed by atoms with E-state index in [1.54, 1.807) is 12.3 Å². The van der Waals surface area contributed by atoms with Crippen molar-refractivity contribution in [1.29, 1.82) is 0 Å². The number of aliphatic hydroxyl groups excluding tert-OH is 1. The fraction of sp³-hybridized carbons (Fsp3) is 0.500. The molecule has 4 heteroatoms. The van der Waals surface area contributed by atoms with Crippen LogP contribution in [0.1, 0.15) is 38.2 Å². The molecule has 118 valence electrons. The molecule has 1 saturated carbocycles. The molecule has 3 rings (SSSR count). The van der Waals surface area contributed by atoms with Gasteiger partial charge in [-0.3, -0.25) is 4.98 Å². The molecule has 1 aromatic carbocycles. The standard InChI is InChI=1S/C18H23FN2O/c1-18(7-3-2-6-16(18)22)12-20-11-14-10-15(19)9-13-5-4-8-21-17(13)14/h4-5,8-10,16,20,22H,2-3,6-7,11-12H2,1H3. The van der Waals surface area contributed by atoms with Crippen LogP contribution in [0.4, 0.5) is 4.39 Å². The third-order valence-electron chi connectivity index (χ3n) is 4.87. The van der Waals surface area contributed by atoms with Crippen molar-refractivity contribution in [2.75, 3.05) is 6.54 Å². The number of nitrogens with one attached hydrogen (secondary N) is 1. The molecule has 1 aliphatic rings. The monoisotopic (exact) mass is 302 g/mol. The van der Waals surface area contributed by atoms with Crippen LogP contribution in [0, 0.1) is 11.2 Å². The molecular formula is C18H23FN2O. The van der Waals surface area contributed by atoms with Gasteiger partial charge in [0.25, 0.3) is 0 Å². The molecule has 22 heavy (non-hydrogen) atoms. The Bertz CT molecular complexity index is 661. The Labute approximate surface area is 130 Å². The van der Waals surface area contributed by atoms with Gasteiger partial charge in [0, 0.05) is 30.1 Å². The van der Waals surface area contributed by atoms with E-state index in [1.807, 2.05) is 12.1 Å². The van der Waals surface area contributed by atoms with E-state index in [0.717, 1.165) is 42.3 Å². The molecule has 0 spiro atoms. The van der Waals surface area contributed by atoms with Gasteiger partial charge < -0.3 is 10.4 Å². The summed E-state index contributed by atoms with van der Waals surface area (Å²) < 4.78 is 13.7. The smallest absolute Gasteiger partial charge is 0.124 e. The Balaban J connectivity index is 1.71. The summed E-state index contributed by atoms with van der Waals surface area (Å²) in [6.45, 7) is 3.43. The van der Waals surface area contributed by atoms with Crippen LogP contribution >= 0.6 is 0 Å². The summed E-state index contributed by atoms with van der Waals surface area (Å²) in [5, 5.41) is 14.4. The lowest BCUT2D eigenvalue weighted by molar-refractivity contribution is 0.00116. The van der Waals surface area contributed by atoms with Gasteiger partial charge in [-0.15, -0.1) is 0 Å². The summed E-state index contributed by atoms with van der Waals surface area (Å²) in [4.78, 5) is 4.36. The first-order valence-corrected chi connectivity index (χ1v) is 8.00. The average molecular weight is 302 g/mol. The van der Waals surface area contributed by atoms with E-state index in [0.29, 0.717) is 6.54 Å². The molecular weight excluding hydrogens is 279 g/mol. The molecule has 2 aromatic rings. The van der Waals surface area contributed by atoms with E-state index in [4.69, 9.17) is 0 Å². The van der Waals surface area contributed by atoms with Crippen molar-refractivity contribution in [2.24, 2.45) is 5.41 Å². The van der Waals surface area contributed by atoms with Crippen LogP contribution in [0.5, 0.6) is 0 Å². The molecule has 1 heterocycles. The van der Waals surface area contributed by atoms with Gasteiger partial charge in [0.2, 0.25) is 0 Å². The molecule has 1 aliphatic carbocycles. The van der Waals surface area contributed by atoms with Crippen molar-refractivity contribution in [3.05, 3.63) is 41.8 Å². The molecule has 0 aliphatic heterocycles. The van der Waals surface area contributed by atoms with Crippen molar-refractivity contribution in [2.45, 2.75) is 45.3 Å². The quantitative estimate of drug-likeness (QED) is 0.910. The first kappa shape index (κ1) is 15.4. The van der Waals surface area contributed by atoms with Crippen LogP contribution in [-0.2, 0) is 6.54 Å². The Morgan fingerprint density at radius 2 is 2.27 bits per heavy atom. The zero-order valence-electron chi connectivity index (χ0n) is 13.0. The second kappa shape index (κ2) is 6.31. The lowest BCUT2D eigenvalue weighted by Crippen LogP contribution is -2.43. The number of halogens is 1. The highest BCUT2D eigenvalue weighted by Gasteiger charge is 2.34. The molecule has 2 atom stereocenters. The summed E-state index contributed by atoms with van der Waals surface area (Å²) in [5.74, 6) is -0.235. The molecule has 0 amide bonds. The predicted molar refractivity (Wildman–Crippen MR) is 86.0 cm³/mol. The van der Waals surface area contributed by atoms with Gasteiger partial charge in [-0.2, -0.15) is 0 Å². The molecule has 0 radical (unpaired) electrons. The number of hydrogen-bond donors (Lipinski definition) is 2. The summed E-state index contributed by atoms with van der Waals surface area (Å²) in [7, 11) is 0. The van der Waals surface area contributed by atoms with E-state index < -0.39 is 0 Å². The van der Waals surface area contributed by atoms with E-state index in [1.165, 1.54) is 12.5 Å². The highest BCUT2D eigenvalue weighted by molar-refractivity contribution is 5.81. The number of benzene rings is 1. The van der Waals surface area contributed by atoms with E-state index >= 15 is 0 Å². The minimum absolute atomic E-state index is 0.0885. The number of fused-ring (bicyclic) bond motifs is 1. The van der Waals surface area contributed by atoms with Crippen molar-refractivity contribution in [3.63, 3.8) is 0 Å². The summed E-state index contributed by atoms with van der Waals surface area (Å²) >= 11 is 0. The molecule has 1 aromatic heterocycles. The highest BCUT2D eigenvalue weighted by atomic mass is 19.1. The second-order valence-corrected chi connectivity index (χ2v) is 6.66. The van der Waals surface area contributed by atoms with Crippen molar-refractivity contribution < 1.29 is 9.50 Å². The number of rotatable bonds is 4. The number of aromatic nitrogens is 1. The summed E-state index contributed by atoms with van der Waals surface area (Å²) in [6.07, 6.45) is 5.66. The van der Waals surface area contributed by atoms with Gasteiger partial charge in [-0.05, 0) is 36.6 Å². The SMILES string of the molecule is CC1(CNCc2cc(F)cc3cccnc23)CCCCC1O. The van der Waals surface area contributed by atoms with E-state index in [-0.39, 0.29) is 17.3 Å². The van der Waals surface area contributed by atoms with Crippen molar-refractivity contribution in [3.8, 4) is 0 Å². The maximum atomic E-state index is 13.7. The zero-order chi connectivity index (χ0) is 15.6. The first-order chi connectivity index (χ1) is 10.6. The van der Waals surface area contributed by atoms with Crippen molar-refractivity contribution >= 4 is 10.9 Å². The van der Waals surface area contributed by atoms with Gasteiger partial charge in [0.1, 0.15) is 5.82 Å². The van der Waals surface area contributed by atoms with Crippen molar-refractivity contribution in [1.82, 2.24) is 10.3 Å². The Hall–Kier alpha value is -1.52. The number of aliphatic hydroxyl groups is 1. The highest BCUT2D eigenvalue weighted by Crippen LogP contribution is 2.35. The minimum Gasteiger partial charge on any atom is -0.393 e. The second-order valence-electron chi connectivity index (χ2n) is 6.66. The third-order valence-corrected chi connectivity index (χ3v) is 4.87. The number of nitrogens with zero attached hydrogens (tertiary/aromatic N) is 1. The average Bonchev–Trinajstić information content (AvgIpc) is 2.50. The molecule has 3 nitrogen and oxygen atoms in total. The van der Waals surface area contributed by atoms with Gasteiger partial charge in [-0.1, -0.05) is 25.8 Å². The molecule has 2 N–H and O–H groups in total.